The Bertz CT molecular complexity index is 1080. The molecule has 0 radical (unpaired) electrons. The predicted octanol–water partition coefficient (Wildman–Crippen LogP) is 2.57. The van der Waals surface area contributed by atoms with E-state index >= 15 is 0 Å². The molecule has 2 aliphatic heterocycles. The van der Waals surface area contributed by atoms with Crippen molar-refractivity contribution >= 4 is 39.2 Å². The van der Waals surface area contributed by atoms with Crippen molar-refractivity contribution in [2.75, 3.05) is 37.6 Å². The highest BCUT2D eigenvalue weighted by atomic mass is 32.1. The van der Waals surface area contributed by atoms with Crippen LogP contribution in [-0.2, 0) is 16.0 Å². The number of aromatic nitrogens is 2. The van der Waals surface area contributed by atoms with E-state index in [0.29, 0.717) is 26.1 Å². The minimum absolute atomic E-state index is 0.0431. The molecule has 2 saturated heterocycles. The molecule has 0 aliphatic carbocycles. The van der Waals surface area contributed by atoms with Gasteiger partial charge in [-0.25, -0.2) is 9.97 Å². The van der Waals surface area contributed by atoms with E-state index in [0.717, 1.165) is 47.5 Å². The summed E-state index contributed by atoms with van der Waals surface area (Å²) >= 11 is 1.61. The summed E-state index contributed by atoms with van der Waals surface area (Å²) in [6, 6.07) is 11.5. The second kappa shape index (κ2) is 8.63. The lowest BCUT2D eigenvalue weighted by Gasteiger charge is -2.38. The Morgan fingerprint density at radius 1 is 1.00 bits per heavy atom. The monoisotopic (exact) mass is 435 g/mol. The molecule has 5 rings (SSSR count). The minimum Gasteiger partial charge on any atom is -0.352 e. The van der Waals surface area contributed by atoms with Crippen LogP contribution in [-0.4, -0.2) is 70.3 Å². The molecule has 7 nitrogen and oxygen atoms in total. The summed E-state index contributed by atoms with van der Waals surface area (Å²) in [6.45, 7) is 3.42. The molecule has 31 heavy (non-hydrogen) atoms. The summed E-state index contributed by atoms with van der Waals surface area (Å²) in [5.41, 5.74) is 0.990. The van der Waals surface area contributed by atoms with E-state index in [1.807, 2.05) is 40.6 Å². The molecular formula is C23H25N5O2S. The van der Waals surface area contributed by atoms with Crippen LogP contribution in [0.15, 0.2) is 48.1 Å². The van der Waals surface area contributed by atoms with Crippen molar-refractivity contribution in [3.63, 3.8) is 0 Å². The van der Waals surface area contributed by atoms with E-state index in [4.69, 9.17) is 0 Å². The molecule has 2 aliphatic rings. The van der Waals surface area contributed by atoms with E-state index in [2.05, 4.69) is 20.9 Å². The summed E-state index contributed by atoms with van der Waals surface area (Å²) in [4.78, 5) is 41.9. The van der Waals surface area contributed by atoms with Crippen molar-refractivity contribution < 1.29 is 9.59 Å². The first-order valence-electron chi connectivity index (χ1n) is 10.8. The molecule has 1 unspecified atom stereocenters. The van der Waals surface area contributed by atoms with Gasteiger partial charge in [-0.1, -0.05) is 30.3 Å². The van der Waals surface area contributed by atoms with E-state index in [1.54, 1.807) is 22.6 Å². The SMILES string of the molecule is O=C(C1CCCN1C(=O)Cc1ccccc1)N1CCN(c2ncnc3sccc23)CC1. The third-order valence-corrected chi connectivity index (χ3v) is 7.01. The second-order valence-corrected chi connectivity index (χ2v) is 8.95. The van der Waals surface area contributed by atoms with Gasteiger partial charge in [0, 0.05) is 32.7 Å². The lowest BCUT2D eigenvalue weighted by Crippen LogP contribution is -2.54. The van der Waals surface area contributed by atoms with Gasteiger partial charge in [0.1, 0.15) is 23.0 Å². The van der Waals surface area contributed by atoms with Crippen molar-refractivity contribution in [1.29, 1.82) is 0 Å². The number of fused-ring (bicyclic) bond motifs is 1. The van der Waals surface area contributed by atoms with Crippen molar-refractivity contribution in [2.24, 2.45) is 0 Å². The topological polar surface area (TPSA) is 69.6 Å². The fraction of sp³-hybridized carbons (Fsp3) is 0.391. The van der Waals surface area contributed by atoms with Crippen molar-refractivity contribution in [3.05, 3.63) is 53.7 Å². The van der Waals surface area contributed by atoms with Gasteiger partial charge in [-0.2, -0.15) is 0 Å². The largest absolute Gasteiger partial charge is 0.352 e. The number of likely N-dealkylation sites (tertiary alicyclic amines) is 1. The van der Waals surface area contributed by atoms with Crippen LogP contribution in [0.5, 0.6) is 0 Å². The normalized spacial score (nSPS) is 19.2. The summed E-state index contributed by atoms with van der Waals surface area (Å²) in [5, 5.41) is 3.10. The molecule has 3 aromatic rings. The number of hydrogen-bond acceptors (Lipinski definition) is 6. The number of carbonyl (C=O) groups excluding carboxylic acids is 2. The standard InChI is InChI=1S/C23H25N5O2S/c29-20(15-17-5-2-1-3-6-17)28-9-4-7-19(28)23(30)27-12-10-26(11-13-27)21-18-8-14-31-22(18)25-16-24-21/h1-3,5-6,8,14,16,19H,4,7,9-13,15H2. The van der Waals surface area contributed by atoms with Crippen LogP contribution in [0.4, 0.5) is 5.82 Å². The number of thiophene rings is 1. The molecule has 2 amide bonds. The minimum atomic E-state index is -0.328. The fourth-order valence-corrected chi connectivity index (χ4v) is 5.30. The molecular weight excluding hydrogens is 410 g/mol. The molecule has 4 heterocycles. The van der Waals surface area contributed by atoms with E-state index in [-0.39, 0.29) is 17.9 Å². The maximum Gasteiger partial charge on any atom is 0.245 e. The Labute approximate surface area is 185 Å². The first-order valence-corrected chi connectivity index (χ1v) is 11.6. The van der Waals surface area contributed by atoms with Crippen LogP contribution < -0.4 is 4.90 Å². The number of piperazine rings is 1. The van der Waals surface area contributed by atoms with Crippen LogP contribution >= 0.6 is 11.3 Å². The highest BCUT2D eigenvalue weighted by Crippen LogP contribution is 2.28. The first kappa shape index (κ1) is 19.9. The van der Waals surface area contributed by atoms with Crippen LogP contribution in [0, 0.1) is 0 Å². The van der Waals surface area contributed by atoms with Crippen molar-refractivity contribution in [1.82, 2.24) is 19.8 Å². The quantitative estimate of drug-likeness (QED) is 0.630. The van der Waals surface area contributed by atoms with Crippen molar-refractivity contribution in [3.8, 4) is 0 Å². The zero-order chi connectivity index (χ0) is 21.2. The Morgan fingerprint density at radius 3 is 2.61 bits per heavy atom. The van der Waals surface area contributed by atoms with Gasteiger partial charge in [-0.3, -0.25) is 9.59 Å². The van der Waals surface area contributed by atoms with Gasteiger partial charge in [0.25, 0.3) is 0 Å². The lowest BCUT2D eigenvalue weighted by molar-refractivity contribution is -0.143. The van der Waals surface area contributed by atoms with Crippen LogP contribution in [0.2, 0.25) is 0 Å². The molecule has 160 valence electrons. The molecule has 0 saturated carbocycles. The van der Waals surface area contributed by atoms with Gasteiger partial charge in [0.2, 0.25) is 11.8 Å². The summed E-state index contributed by atoms with van der Waals surface area (Å²) < 4.78 is 0. The van der Waals surface area contributed by atoms with Crippen LogP contribution in [0.1, 0.15) is 18.4 Å². The van der Waals surface area contributed by atoms with E-state index in [9.17, 15) is 9.59 Å². The summed E-state index contributed by atoms with van der Waals surface area (Å²) in [6.07, 6.45) is 3.60. The maximum atomic E-state index is 13.3. The molecule has 0 spiro atoms. The van der Waals surface area contributed by atoms with Gasteiger partial charge in [0.05, 0.1) is 11.8 Å². The predicted molar refractivity (Wildman–Crippen MR) is 121 cm³/mol. The number of rotatable bonds is 4. The number of benzene rings is 1. The molecule has 2 aromatic heterocycles. The molecule has 8 heteroatoms. The van der Waals surface area contributed by atoms with Crippen molar-refractivity contribution in [2.45, 2.75) is 25.3 Å². The Morgan fingerprint density at radius 2 is 1.81 bits per heavy atom. The number of hydrogen-bond donors (Lipinski definition) is 0. The Kier molecular flexibility index (Phi) is 5.55. The summed E-state index contributed by atoms with van der Waals surface area (Å²) in [5.74, 6) is 1.07. The van der Waals surface area contributed by atoms with Crippen LogP contribution in [0.3, 0.4) is 0 Å². The highest BCUT2D eigenvalue weighted by Gasteiger charge is 2.37. The third kappa shape index (κ3) is 3.99. The number of nitrogens with zero attached hydrogens (tertiary/aromatic N) is 5. The van der Waals surface area contributed by atoms with Gasteiger partial charge < -0.3 is 14.7 Å². The first-order chi connectivity index (χ1) is 15.2. The molecule has 0 bridgehead atoms. The zero-order valence-electron chi connectivity index (χ0n) is 17.3. The van der Waals surface area contributed by atoms with Gasteiger partial charge >= 0.3 is 0 Å². The average Bonchev–Trinajstić information content (AvgIpc) is 3.49. The zero-order valence-corrected chi connectivity index (χ0v) is 18.1. The summed E-state index contributed by atoms with van der Waals surface area (Å²) in [7, 11) is 0. The average molecular weight is 436 g/mol. The molecule has 1 atom stereocenters. The Balaban J connectivity index is 1.22. The molecule has 0 N–H and O–H groups in total. The van der Waals surface area contributed by atoms with Gasteiger partial charge in [0.15, 0.2) is 0 Å². The van der Waals surface area contributed by atoms with E-state index in [1.165, 1.54) is 0 Å². The number of amides is 2. The van der Waals surface area contributed by atoms with Gasteiger partial charge in [-0.05, 0) is 29.9 Å². The molecule has 2 fully saturated rings. The fourth-order valence-electron chi connectivity index (χ4n) is 4.57. The highest BCUT2D eigenvalue weighted by molar-refractivity contribution is 7.16. The molecule has 1 aromatic carbocycles. The van der Waals surface area contributed by atoms with E-state index < -0.39 is 0 Å². The Hall–Kier alpha value is -3.00. The number of anilines is 1. The third-order valence-electron chi connectivity index (χ3n) is 6.19. The second-order valence-electron chi connectivity index (χ2n) is 8.06. The number of carbonyl (C=O) groups is 2. The van der Waals surface area contributed by atoms with Gasteiger partial charge in [-0.15, -0.1) is 11.3 Å². The smallest absolute Gasteiger partial charge is 0.245 e. The lowest BCUT2D eigenvalue weighted by atomic mass is 10.1. The maximum absolute atomic E-state index is 13.3. The van der Waals surface area contributed by atoms with Crippen LogP contribution in [0.25, 0.3) is 10.2 Å².